The monoisotopic (exact) mass is 238 g/mol. The summed E-state index contributed by atoms with van der Waals surface area (Å²) in [7, 11) is 1.66. The number of aromatic nitrogens is 2. The highest BCUT2D eigenvalue weighted by molar-refractivity contribution is 6.16. The molecule has 0 aliphatic carbocycles. The molecular formula is C12H15ClN2O. The van der Waals surface area contributed by atoms with E-state index >= 15 is 0 Å². The normalized spacial score (nSPS) is 10.9. The smallest absolute Gasteiger partial charge is 0.146 e. The number of alkyl halides is 1. The van der Waals surface area contributed by atoms with Gasteiger partial charge in [0.15, 0.2) is 0 Å². The number of fused-ring (bicyclic) bond motifs is 1. The second kappa shape index (κ2) is 4.74. The lowest BCUT2D eigenvalue weighted by Gasteiger charge is -2.05. The van der Waals surface area contributed by atoms with Crippen molar-refractivity contribution in [3.63, 3.8) is 0 Å². The molecule has 3 nitrogen and oxygen atoms in total. The molecule has 0 atom stereocenters. The molecule has 4 heteroatoms. The average Bonchev–Trinajstić information content (AvgIpc) is 2.68. The Morgan fingerprint density at radius 3 is 2.88 bits per heavy atom. The molecule has 0 saturated heterocycles. The zero-order chi connectivity index (χ0) is 11.5. The molecular weight excluding hydrogens is 224 g/mol. The van der Waals surface area contributed by atoms with Crippen LogP contribution in [-0.2, 0) is 12.4 Å². The van der Waals surface area contributed by atoms with Crippen LogP contribution >= 0.6 is 11.6 Å². The van der Waals surface area contributed by atoms with Gasteiger partial charge >= 0.3 is 0 Å². The molecule has 0 aliphatic rings. The molecule has 0 fully saturated rings. The van der Waals surface area contributed by atoms with Crippen molar-refractivity contribution in [2.45, 2.75) is 25.8 Å². The minimum atomic E-state index is 0.428. The van der Waals surface area contributed by atoms with Crippen LogP contribution in [0.3, 0.4) is 0 Å². The SMILES string of the molecule is CCCn1c(CCl)nc2c(OC)cccc21. The van der Waals surface area contributed by atoms with Crippen molar-refractivity contribution in [2.75, 3.05) is 7.11 Å². The fraction of sp³-hybridized carbons (Fsp3) is 0.417. The van der Waals surface area contributed by atoms with Crippen molar-refractivity contribution in [3.05, 3.63) is 24.0 Å². The topological polar surface area (TPSA) is 27.1 Å². The maximum Gasteiger partial charge on any atom is 0.146 e. The number of benzene rings is 1. The summed E-state index contributed by atoms with van der Waals surface area (Å²) in [5, 5.41) is 0. The molecule has 0 N–H and O–H groups in total. The summed E-state index contributed by atoms with van der Waals surface area (Å²) in [4.78, 5) is 4.53. The predicted molar refractivity (Wildman–Crippen MR) is 66.1 cm³/mol. The number of hydrogen-bond acceptors (Lipinski definition) is 2. The quantitative estimate of drug-likeness (QED) is 0.765. The van der Waals surface area contributed by atoms with Gasteiger partial charge < -0.3 is 9.30 Å². The summed E-state index contributed by atoms with van der Waals surface area (Å²) >= 11 is 5.91. The van der Waals surface area contributed by atoms with Gasteiger partial charge in [0.2, 0.25) is 0 Å². The fourth-order valence-corrected chi connectivity index (χ4v) is 2.11. The molecule has 86 valence electrons. The van der Waals surface area contributed by atoms with Gasteiger partial charge in [-0.15, -0.1) is 11.6 Å². The Kier molecular flexibility index (Phi) is 3.34. The van der Waals surface area contributed by atoms with Crippen LogP contribution in [0.2, 0.25) is 0 Å². The minimum Gasteiger partial charge on any atom is -0.494 e. The number of aryl methyl sites for hydroxylation is 1. The van der Waals surface area contributed by atoms with Gasteiger partial charge in [0.25, 0.3) is 0 Å². The Labute approximate surface area is 100.0 Å². The Bertz CT molecular complexity index is 493. The standard InChI is InChI=1S/C12H15ClN2O/c1-3-7-15-9-5-4-6-10(16-2)12(9)14-11(15)8-13/h4-6H,3,7-8H2,1-2H3. The highest BCUT2D eigenvalue weighted by Crippen LogP contribution is 2.26. The second-order valence-corrected chi connectivity index (χ2v) is 3.91. The van der Waals surface area contributed by atoms with Gasteiger partial charge in [0.1, 0.15) is 17.1 Å². The van der Waals surface area contributed by atoms with Gasteiger partial charge in [0, 0.05) is 6.54 Å². The number of ether oxygens (including phenoxy) is 1. The van der Waals surface area contributed by atoms with Crippen LogP contribution in [0.15, 0.2) is 18.2 Å². The Morgan fingerprint density at radius 2 is 2.25 bits per heavy atom. The Morgan fingerprint density at radius 1 is 1.44 bits per heavy atom. The first-order chi connectivity index (χ1) is 7.81. The molecule has 0 spiro atoms. The molecule has 0 unspecified atom stereocenters. The van der Waals surface area contributed by atoms with Crippen LogP contribution < -0.4 is 4.74 Å². The fourth-order valence-electron chi connectivity index (χ4n) is 1.91. The van der Waals surface area contributed by atoms with E-state index in [1.807, 2.05) is 12.1 Å². The Hall–Kier alpha value is -1.22. The molecule has 16 heavy (non-hydrogen) atoms. The summed E-state index contributed by atoms with van der Waals surface area (Å²) in [6.07, 6.45) is 1.06. The van der Waals surface area contributed by atoms with Gasteiger partial charge in [-0.2, -0.15) is 0 Å². The number of para-hydroxylation sites is 1. The molecule has 0 saturated carbocycles. The van der Waals surface area contributed by atoms with E-state index in [1.165, 1.54) is 0 Å². The molecule has 0 aliphatic heterocycles. The zero-order valence-corrected chi connectivity index (χ0v) is 10.3. The first-order valence-electron chi connectivity index (χ1n) is 5.39. The first kappa shape index (κ1) is 11.3. The minimum absolute atomic E-state index is 0.428. The molecule has 0 radical (unpaired) electrons. The van der Waals surface area contributed by atoms with E-state index in [4.69, 9.17) is 16.3 Å². The molecule has 0 amide bonds. The second-order valence-electron chi connectivity index (χ2n) is 3.64. The van der Waals surface area contributed by atoms with E-state index in [-0.39, 0.29) is 0 Å². The number of halogens is 1. The van der Waals surface area contributed by atoms with Crippen molar-refractivity contribution in [2.24, 2.45) is 0 Å². The van der Waals surface area contributed by atoms with Gasteiger partial charge in [-0.3, -0.25) is 0 Å². The van der Waals surface area contributed by atoms with E-state index in [0.29, 0.717) is 5.88 Å². The van der Waals surface area contributed by atoms with Crippen molar-refractivity contribution in [3.8, 4) is 5.75 Å². The highest BCUT2D eigenvalue weighted by atomic mass is 35.5. The van der Waals surface area contributed by atoms with Gasteiger partial charge in [-0.05, 0) is 18.6 Å². The summed E-state index contributed by atoms with van der Waals surface area (Å²) in [5.41, 5.74) is 1.99. The van der Waals surface area contributed by atoms with Gasteiger partial charge in [0.05, 0.1) is 18.5 Å². The largest absolute Gasteiger partial charge is 0.494 e. The van der Waals surface area contributed by atoms with Crippen molar-refractivity contribution >= 4 is 22.6 Å². The lowest BCUT2D eigenvalue weighted by atomic mass is 10.3. The molecule has 1 aromatic heterocycles. The summed E-state index contributed by atoms with van der Waals surface area (Å²) in [6, 6.07) is 5.95. The molecule has 2 aromatic rings. The van der Waals surface area contributed by atoms with Crippen LogP contribution in [0.4, 0.5) is 0 Å². The highest BCUT2D eigenvalue weighted by Gasteiger charge is 2.12. The number of methoxy groups -OCH3 is 1. The van der Waals surface area contributed by atoms with Crippen LogP contribution in [0, 0.1) is 0 Å². The third-order valence-electron chi connectivity index (χ3n) is 2.61. The average molecular weight is 239 g/mol. The number of hydrogen-bond donors (Lipinski definition) is 0. The van der Waals surface area contributed by atoms with Crippen molar-refractivity contribution in [1.82, 2.24) is 9.55 Å². The number of nitrogens with zero attached hydrogens (tertiary/aromatic N) is 2. The third kappa shape index (κ3) is 1.76. The lowest BCUT2D eigenvalue weighted by Crippen LogP contribution is -2.01. The summed E-state index contributed by atoms with van der Waals surface area (Å²) in [5.74, 6) is 2.14. The maximum atomic E-state index is 5.91. The van der Waals surface area contributed by atoms with Gasteiger partial charge in [-0.1, -0.05) is 13.0 Å². The zero-order valence-electron chi connectivity index (χ0n) is 9.53. The molecule has 0 bridgehead atoms. The van der Waals surface area contributed by atoms with Crippen LogP contribution in [-0.4, -0.2) is 16.7 Å². The van der Waals surface area contributed by atoms with Crippen LogP contribution in [0.25, 0.3) is 11.0 Å². The van der Waals surface area contributed by atoms with Crippen molar-refractivity contribution in [1.29, 1.82) is 0 Å². The predicted octanol–water partition coefficient (Wildman–Crippen LogP) is 3.19. The van der Waals surface area contributed by atoms with Crippen LogP contribution in [0.5, 0.6) is 5.75 Å². The summed E-state index contributed by atoms with van der Waals surface area (Å²) < 4.78 is 7.46. The van der Waals surface area contributed by atoms with E-state index in [2.05, 4.69) is 22.5 Å². The lowest BCUT2D eigenvalue weighted by molar-refractivity contribution is 0.419. The van der Waals surface area contributed by atoms with Crippen molar-refractivity contribution < 1.29 is 4.74 Å². The number of rotatable bonds is 4. The molecule has 1 aromatic carbocycles. The van der Waals surface area contributed by atoms with Gasteiger partial charge in [-0.25, -0.2) is 4.98 Å². The van der Waals surface area contributed by atoms with E-state index < -0.39 is 0 Å². The number of imidazole rings is 1. The molecule has 2 rings (SSSR count). The first-order valence-corrected chi connectivity index (χ1v) is 5.93. The summed E-state index contributed by atoms with van der Waals surface area (Å²) in [6.45, 7) is 3.08. The van der Waals surface area contributed by atoms with E-state index in [9.17, 15) is 0 Å². The molecule has 1 heterocycles. The van der Waals surface area contributed by atoms with E-state index in [0.717, 1.165) is 35.6 Å². The van der Waals surface area contributed by atoms with Crippen LogP contribution in [0.1, 0.15) is 19.2 Å². The Balaban J connectivity index is 2.66. The third-order valence-corrected chi connectivity index (χ3v) is 2.85. The van der Waals surface area contributed by atoms with E-state index in [1.54, 1.807) is 7.11 Å². The maximum absolute atomic E-state index is 5.91.